The zero-order valence-corrected chi connectivity index (χ0v) is 12.0. The van der Waals surface area contributed by atoms with Crippen LogP contribution >= 0.6 is 10.9 Å². The van der Waals surface area contributed by atoms with Gasteiger partial charge in [-0.25, -0.2) is 0 Å². The van der Waals surface area contributed by atoms with Crippen molar-refractivity contribution in [2.24, 2.45) is 0 Å². The Hall–Kier alpha value is -2.39. The van der Waals surface area contributed by atoms with Crippen LogP contribution in [-0.2, 0) is 0 Å². The van der Waals surface area contributed by atoms with Crippen LogP contribution in [0.3, 0.4) is 0 Å². The number of hydrogen-bond donors (Lipinski definition) is 1. The van der Waals surface area contributed by atoms with Crippen LogP contribution in [0.2, 0.25) is 0 Å². The maximum Gasteiger partial charge on any atom is 0.194 e. The van der Waals surface area contributed by atoms with E-state index in [4.69, 9.17) is 0 Å². The second-order valence-corrected chi connectivity index (χ2v) is 6.95. The molecule has 2 aromatic rings. The third kappa shape index (κ3) is 1.82. The number of allylic oxidation sites excluding steroid dienone is 2. The van der Waals surface area contributed by atoms with Gasteiger partial charge in [-0.1, -0.05) is 36.4 Å². The minimum atomic E-state index is -0.481. The van der Waals surface area contributed by atoms with Crippen LogP contribution in [0.1, 0.15) is 31.8 Å². The number of benzene rings is 2. The highest BCUT2D eigenvalue weighted by Crippen LogP contribution is 2.43. The van der Waals surface area contributed by atoms with Crippen molar-refractivity contribution in [3.05, 3.63) is 87.7 Å². The molecule has 0 amide bonds. The van der Waals surface area contributed by atoms with E-state index in [1.165, 1.54) is 0 Å². The topological polar surface area (TPSA) is 34.1 Å². The van der Waals surface area contributed by atoms with E-state index in [2.05, 4.69) is 10.8 Å². The fraction of sp³-hybridized carbons (Fsp3) is 0. The van der Waals surface area contributed by atoms with Crippen molar-refractivity contribution in [3.63, 3.8) is 0 Å². The first kappa shape index (κ1) is 12.4. The third-order valence-electron chi connectivity index (χ3n) is 3.81. The first-order valence-electron chi connectivity index (χ1n) is 6.71. The number of thiol groups is 1. The molecule has 0 unspecified atom stereocenters. The molecule has 21 heavy (non-hydrogen) atoms. The van der Waals surface area contributed by atoms with Gasteiger partial charge in [0.2, 0.25) is 0 Å². The molecule has 3 heteroatoms. The van der Waals surface area contributed by atoms with Crippen molar-refractivity contribution in [3.8, 4) is 0 Å². The first-order chi connectivity index (χ1) is 10.3. The van der Waals surface area contributed by atoms with Crippen molar-refractivity contribution in [1.82, 2.24) is 0 Å². The molecule has 102 valence electrons. The molecular weight excluding hydrogens is 280 g/mol. The van der Waals surface area contributed by atoms with Crippen molar-refractivity contribution < 1.29 is 9.59 Å². The Morgan fingerprint density at radius 3 is 1.90 bits per heavy atom. The summed E-state index contributed by atoms with van der Waals surface area (Å²) >= 11 is 0. The van der Waals surface area contributed by atoms with Crippen LogP contribution in [0.15, 0.2) is 70.3 Å². The maximum absolute atomic E-state index is 12.6. The van der Waals surface area contributed by atoms with Gasteiger partial charge in [0.05, 0.1) is 0 Å². The summed E-state index contributed by atoms with van der Waals surface area (Å²) in [4.78, 5) is 26.3. The molecule has 1 aliphatic heterocycles. The van der Waals surface area contributed by atoms with Crippen LogP contribution in [0.4, 0.5) is 0 Å². The molecule has 0 atom stereocenters. The highest BCUT2D eigenvalue weighted by Gasteiger charge is 2.29. The van der Waals surface area contributed by atoms with E-state index in [0.717, 1.165) is 4.90 Å². The van der Waals surface area contributed by atoms with Crippen LogP contribution in [0.5, 0.6) is 0 Å². The summed E-state index contributed by atoms with van der Waals surface area (Å²) in [7, 11) is -0.481. The number of ketones is 2. The van der Waals surface area contributed by atoms with Crippen molar-refractivity contribution in [1.29, 1.82) is 0 Å². The van der Waals surface area contributed by atoms with Crippen molar-refractivity contribution >= 4 is 22.5 Å². The molecule has 0 spiro atoms. The minimum absolute atomic E-state index is 0.0517. The summed E-state index contributed by atoms with van der Waals surface area (Å²) in [5.74, 6) is -0.110. The van der Waals surface area contributed by atoms with Gasteiger partial charge < -0.3 is 0 Å². The highest BCUT2D eigenvalue weighted by atomic mass is 32.2. The van der Waals surface area contributed by atoms with Gasteiger partial charge in [-0.15, -0.1) is 0 Å². The summed E-state index contributed by atoms with van der Waals surface area (Å²) in [5, 5.41) is 4.28. The highest BCUT2D eigenvalue weighted by molar-refractivity contribution is 8.22. The van der Waals surface area contributed by atoms with Gasteiger partial charge in [0, 0.05) is 22.3 Å². The van der Waals surface area contributed by atoms with Crippen molar-refractivity contribution in [2.45, 2.75) is 4.90 Å². The van der Waals surface area contributed by atoms with Gasteiger partial charge in [0.15, 0.2) is 11.6 Å². The Balaban J connectivity index is 1.89. The Kier molecular flexibility index (Phi) is 2.69. The molecule has 0 N–H and O–H groups in total. The number of rotatable bonds is 1. The molecule has 1 heterocycles. The van der Waals surface area contributed by atoms with E-state index in [9.17, 15) is 9.59 Å². The van der Waals surface area contributed by atoms with E-state index < -0.39 is 10.9 Å². The largest absolute Gasteiger partial charge is 0.289 e. The average Bonchev–Trinajstić information content (AvgIpc) is 3.06. The summed E-state index contributed by atoms with van der Waals surface area (Å²) < 4.78 is 0. The molecule has 0 aromatic heterocycles. The van der Waals surface area contributed by atoms with Crippen molar-refractivity contribution in [2.75, 3.05) is 0 Å². The number of hydrogen-bond acceptors (Lipinski definition) is 2. The molecular formula is C18H12O2S. The average molecular weight is 292 g/mol. The lowest BCUT2D eigenvalue weighted by atomic mass is 9.84. The number of carbonyl (C=O) groups excluding carboxylic acids is 2. The zero-order chi connectivity index (χ0) is 14.4. The molecule has 0 saturated heterocycles. The second-order valence-electron chi connectivity index (χ2n) is 5.02. The molecule has 0 radical (unpaired) electrons. The SMILES string of the molecule is O=C1c2ccccc2C(=O)c2cc([SH]3C=CC=C3)ccc21. The van der Waals surface area contributed by atoms with Gasteiger partial charge in [0.25, 0.3) is 0 Å². The zero-order valence-electron chi connectivity index (χ0n) is 11.1. The summed E-state index contributed by atoms with van der Waals surface area (Å²) in [6.07, 6.45) is 4.04. The minimum Gasteiger partial charge on any atom is -0.289 e. The number of fused-ring (bicyclic) bond motifs is 2. The lowest BCUT2D eigenvalue weighted by Gasteiger charge is -2.19. The van der Waals surface area contributed by atoms with Gasteiger partial charge in [-0.2, -0.15) is 10.9 Å². The number of carbonyl (C=O) groups is 2. The van der Waals surface area contributed by atoms with Crippen LogP contribution in [-0.4, -0.2) is 11.6 Å². The smallest absolute Gasteiger partial charge is 0.194 e. The summed E-state index contributed by atoms with van der Waals surface area (Å²) in [5.41, 5.74) is 2.07. The predicted octanol–water partition coefficient (Wildman–Crippen LogP) is 3.86. The van der Waals surface area contributed by atoms with E-state index in [0.29, 0.717) is 22.3 Å². The van der Waals surface area contributed by atoms with Crippen LogP contribution in [0, 0.1) is 0 Å². The van der Waals surface area contributed by atoms with Gasteiger partial charge in [-0.05, 0) is 33.9 Å². The molecule has 0 bridgehead atoms. The molecule has 2 aromatic carbocycles. The lowest BCUT2D eigenvalue weighted by molar-refractivity contribution is 0.0979. The second kappa shape index (κ2) is 4.57. The molecule has 1 aliphatic carbocycles. The van der Waals surface area contributed by atoms with E-state index >= 15 is 0 Å². The summed E-state index contributed by atoms with van der Waals surface area (Å²) in [6, 6.07) is 12.7. The fourth-order valence-corrected chi connectivity index (χ4v) is 4.29. The van der Waals surface area contributed by atoms with Gasteiger partial charge in [0.1, 0.15) is 0 Å². The van der Waals surface area contributed by atoms with Crippen LogP contribution < -0.4 is 0 Å². The normalized spacial score (nSPS) is 17.0. The Bertz CT molecular complexity index is 834. The summed E-state index contributed by atoms with van der Waals surface area (Å²) in [6.45, 7) is 0. The Labute approximate surface area is 125 Å². The van der Waals surface area contributed by atoms with Crippen LogP contribution in [0.25, 0.3) is 0 Å². The predicted molar refractivity (Wildman–Crippen MR) is 85.3 cm³/mol. The van der Waals surface area contributed by atoms with E-state index in [-0.39, 0.29) is 11.6 Å². The molecule has 2 nitrogen and oxygen atoms in total. The molecule has 0 fully saturated rings. The monoisotopic (exact) mass is 292 g/mol. The molecule has 0 saturated carbocycles. The van der Waals surface area contributed by atoms with E-state index in [1.54, 1.807) is 30.3 Å². The van der Waals surface area contributed by atoms with E-state index in [1.807, 2.05) is 24.3 Å². The molecule has 4 rings (SSSR count). The Morgan fingerprint density at radius 2 is 1.24 bits per heavy atom. The van der Waals surface area contributed by atoms with Gasteiger partial charge in [-0.3, -0.25) is 9.59 Å². The quantitative estimate of drug-likeness (QED) is 0.691. The lowest BCUT2D eigenvalue weighted by Crippen LogP contribution is -2.20. The first-order valence-corrected chi connectivity index (χ1v) is 8.19. The van der Waals surface area contributed by atoms with Gasteiger partial charge >= 0.3 is 0 Å². The maximum atomic E-state index is 12.6. The third-order valence-corrected chi connectivity index (χ3v) is 5.67. The fourth-order valence-electron chi connectivity index (χ4n) is 2.75. The standard InChI is InChI=1S/C18H12O2S/c19-17-13-5-1-2-6-14(13)18(20)16-11-12(7-8-15(16)17)21-9-3-4-10-21/h1-11,21H. The molecule has 2 aliphatic rings. The Morgan fingerprint density at radius 1 is 0.667 bits per heavy atom.